The average molecular weight is 489 g/mol. The van der Waals surface area contributed by atoms with Crippen molar-refractivity contribution in [3.63, 3.8) is 0 Å². The first kappa shape index (κ1) is 23.8. The Balaban J connectivity index is 1.60. The lowest BCUT2D eigenvalue weighted by atomic mass is 10.1. The number of nitrogens with zero attached hydrogens (tertiary/aromatic N) is 5. The van der Waals surface area contributed by atoms with Gasteiger partial charge in [0.2, 0.25) is 0 Å². The summed E-state index contributed by atoms with van der Waals surface area (Å²) in [5.41, 5.74) is 3.89. The van der Waals surface area contributed by atoms with Crippen LogP contribution in [0.15, 0.2) is 71.1 Å². The Bertz CT molecular complexity index is 1390. The normalized spacial score (nSPS) is 11.4. The summed E-state index contributed by atoms with van der Waals surface area (Å²) < 4.78 is 1.95. The molecule has 0 saturated heterocycles. The molecule has 2 aromatic carbocycles. The molecule has 172 valence electrons. The van der Waals surface area contributed by atoms with Crippen LogP contribution in [0.25, 0.3) is 17.0 Å². The lowest BCUT2D eigenvalue weighted by Gasteiger charge is -2.13. The molecule has 0 bridgehead atoms. The van der Waals surface area contributed by atoms with Gasteiger partial charge in [-0.05, 0) is 50.3 Å². The molecular weight excluding hydrogens is 464 g/mol. The van der Waals surface area contributed by atoms with Crippen LogP contribution in [0.1, 0.15) is 17.5 Å². The summed E-state index contributed by atoms with van der Waals surface area (Å²) in [6.07, 6.45) is 10.5. The Hall–Kier alpha value is -3.31. The monoisotopic (exact) mass is 488 g/mol. The Kier molecular flexibility index (Phi) is 7.53. The molecule has 0 amide bonds. The van der Waals surface area contributed by atoms with E-state index in [1.165, 1.54) is 11.8 Å². The largest absolute Gasteiger partial charge is 0.354 e. The highest BCUT2D eigenvalue weighted by atomic mass is 35.5. The minimum atomic E-state index is 0.476. The number of benzene rings is 2. The van der Waals surface area contributed by atoms with E-state index in [0.29, 0.717) is 10.6 Å². The zero-order valence-corrected chi connectivity index (χ0v) is 20.9. The molecule has 2 aromatic heterocycles. The number of imidazole rings is 1. The molecule has 0 aliphatic rings. The summed E-state index contributed by atoms with van der Waals surface area (Å²) in [6.45, 7) is 1.00. The van der Waals surface area contributed by atoms with Crippen molar-refractivity contribution in [3.05, 3.63) is 77.2 Å². The predicted molar refractivity (Wildman–Crippen MR) is 141 cm³/mol. The van der Waals surface area contributed by atoms with Gasteiger partial charge in [0.1, 0.15) is 6.07 Å². The second-order valence-corrected chi connectivity index (χ2v) is 9.54. The van der Waals surface area contributed by atoms with E-state index >= 15 is 0 Å². The highest BCUT2D eigenvalue weighted by Crippen LogP contribution is 2.36. The maximum Gasteiger partial charge on any atom is 0.172 e. The van der Waals surface area contributed by atoms with E-state index in [2.05, 4.69) is 52.5 Å². The van der Waals surface area contributed by atoms with Crippen molar-refractivity contribution in [2.45, 2.75) is 16.5 Å². The number of nitrogens with one attached hydrogen (secondary N) is 1. The van der Waals surface area contributed by atoms with Crippen LogP contribution in [0.3, 0.4) is 0 Å². The van der Waals surface area contributed by atoms with Crippen LogP contribution in [0.4, 0.5) is 11.4 Å². The number of pyridine rings is 1. The van der Waals surface area contributed by atoms with Crippen LogP contribution in [0.2, 0.25) is 5.02 Å². The van der Waals surface area contributed by atoms with Crippen molar-refractivity contribution in [2.24, 2.45) is 7.05 Å². The number of anilines is 2. The van der Waals surface area contributed by atoms with E-state index in [0.717, 1.165) is 50.9 Å². The third-order valence-corrected chi connectivity index (χ3v) is 6.82. The summed E-state index contributed by atoms with van der Waals surface area (Å²) in [7, 11) is 6.08. The summed E-state index contributed by atoms with van der Waals surface area (Å²) >= 11 is 8.08. The summed E-state index contributed by atoms with van der Waals surface area (Å²) in [5.74, 6) is 0. The zero-order valence-electron chi connectivity index (χ0n) is 19.3. The Morgan fingerprint density at radius 3 is 2.76 bits per heavy atom. The second kappa shape index (κ2) is 10.7. The molecule has 0 aliphatic carbocycles. The first-order chi connectivity index (χ1) is 16.4. The molecule has 6 nitrogen and oxygen atoms in total. The number of halogens is 1. The Labute approximate surface area is 208 Å². The van der Waals surface area contributed by atoms with Gasteiger partial charge in [0.25, 0.3) is 0 Å². The van der Waals surface area contributed by atoms with Crippen LogP contribution in [-0.2, 0) is 7.05 Å². The van der Waals surface area contributed by atoms with E-state index in [1.54, 1.807) is 12.4 Å². The molecular formula is C26H25ClN6S. The molecule has 0 saturated carbocycles. The third kappa shape index (κ3) is 5.60. The average Bonchev–Trinajstić information content (AvgIpc) is 3.22. The standard InChI is InChI=1S/C26H25ClN6S/c1-32(2)12-5-4-6-18-7-9-21-23(14-18)30-17-19(16-28)25(21)31-20-8-10-24(22(27)15-20)34-26-29-11-13-33(26)3/h4,6-11,13-15,17H,5,12H2,1-3H3,(H,30,31). The van der Waals surface area contributed by atoms with Crippen molar-refractivity contribution in [2.75, 3.05) is 26.0 Å². The SMILES string of the molecule is CN(C)CCC=Cc1ccc2c(Nc3ccc(Sc4nccn4C)c(Cl)c3)c(C#N)cnc2c1. The first-order valence-electron chi connectivity index (χ1n) is 10.8. The molecule has 4 rings (SSSR count). The highest BCUT2D eigenvalue weighted by Gasteiger charge is 2.12. The van der Waals surface area contributed by atoms with Gasteiger partial charge in [-0.3, -0.25) is 4.98 Å². The van der Waals surface area contributed by atoms with E-state index in [1.807, 2.05) is 54.2 Å². The van der Waals surface area contributed by atoms with Gasteiger partial charge >= 0.3 is 0 Å². The molecule has 8 heteroatoms. The van der Waals surface area contributed by atoms with Gasteiger partial charge in [-0.15, -0.1) is 0 Å². The zero-order chi connectivity index (χ0) is 24.1. The number of aromatic nitrogens is 3. The number of hydrogen-bond acceptors (Lipinski definition) is 6. The first-order valence-corrected chi connectivity index (χ1v) is 12.0. The van der Waals surface area contributed by atoms with Crippen LogP contribution in [-0.4, -0.2) is 40.1 Å². The third-order valence-electron chi connectivity index (χ3n) is 5.25. The fourth-order valence-corrected chi connectivity index (χ4v) is 4.54. The molecule has 2 heterocycles. The minimum absolute atomic E-state index is 0.476. The van der Waals surface area contributed by atoms with Crippen LogP contribution < -0.4 is 5.32 Å². The highest BCUT2D eigenvalue weighted by molar-refractivity contribution is 7.99. The van der Waals surface area contributed by atoms with Crippen LogP contribution >= 0.6 is 23.4 Å². The summed E-state index contributed by atoms with van der Waals surface area (Å²) in [4.78, 5) is 11.9. The van der Waals surface area contributed by atoms with Gasteiger partial charge in [-0.25, -0.2) is 4.98 Å². The van der Waals surface area contributed by atoms with E-state index in [9.17, 15) is 5.26 Å². The number of fused-ring (bicyclic) bond motifs is 1. The van der Waals surface area contributed by atoms with Crippen molar-refractivity contribution >= 4 is 51.7 Å². The Morgan fingerprint density at radius 2 is 2.06 bits per heavy atom. The topological polar surface area (TPSA) is 69.8 Å². The van der Waals surface area contributed by atoms with Gasteiger partial charge in [0, 0.05) is 48.2 Å². The Morgan fingerprint density at radius 1 is 1.21 bits per heavy atom. The van der Waals surface area contributed by atoms with Crippen LogP contribution in [0.5, 0.6) is 0 Å². The maximum absolute atomic E-state index is 9.68. The van der Waals surface area contributed by atoms with Crippen molar-refractivity contribution in [1.82, 2.24) is 19.4 Å². The molecule has 0 fully saturated rings. The molecule has 0 unspecified atom stereocenters. The van der Waals surface area contributed by atoms with Gasteiger partial charge in [-0.2, -0.15) is 5.26 Å². The summed E-state index contributed by atoms with van der Waals surface area (Å²) in [5, 5.41) is 15.4. The van der Waals surface area contributed by atoms with E-state index in [4.69, 9.17) is 11.6 Å². The fraction of sp³-hybridized carbons (Fsp3) is 0.192. The number of nitriles is 1. The molecule has 0 atom stereocenters. The van der Waals surface area contributed by atoms with E-state index in [-0.39, 0.29) is 0 Å². The van der Waals surface area contributed by atoms with Gasteiger partial charge in [0.15, 0.2) is 5.16 Å². The summed E-state index contributed by atoms with van der Waals surface area (Å²) in [6, 6.07) is 14.1. The number of rotatable bonds is 8. The van der Waals surface area contributed by atoms with Crippen molar-refractivity contribution < 1.29 is 0 Å². The van der Waals surface area contributed by atoms with Crippen molar-refractivity contribution in [1.29, 1.82) is 5.26 Å². The lowest BCUT2D eigenvalue weighted by molar-refractivity contribution is 0.417. The van der Waals surface area contributed by atoms with Gasteiger partial charge < -0.3 is 14.8 Å². The maximum atomic E-state index is 9.68. The second-order valence-electron chi connectivity index (χ2n) is 8.12. The lowest BCUT2D eigenvalue weighted by Crippen LogP contribution is -2.11. The van der Waals surface area contributed by atoms with Gasteiger partial charge in [0.05, 0.1) is 21.8 Å². The van der Waals surface area contributed by atoms with Crippen molar-refractivity contribution in [3.8, 4) is 6.07 Å². The molecule has 34 heavy (non-hydrogen) atoms. The number of aryl methyl sites for hydroxylation is 1. The molecule has 1 N–H and O–H groups in total. The van der Waals surface area contributed by atoms with Crippen LogP contribution in [0, 0.1) is 11.3 Å². The molecule has 0 aliphatic heterocycles. The quantitative estimate of drug-likeness (QED) is 0.311. The van der Waals surface area contributed by atoms with Gasteiger partial charge in [-0.1, -0.05) is 47.6 Å². The fourth-order valence-electron chi connectivity index (χ4n) is 3.44. The molecule has 4 aromatic rings. The van der Waals surface area contributed by atoms with E-state index < -0.39 is 0 Å². The molecule has 0 radical (unpaired) electrons. The molecule has 0 spiro atoms. The number of hydrogen-bond donors (Lipinski definition) is 1. The predicted octanol–water partition coefficient (Wildman–Crippen LogP) is 6.35. The smallest absolute Gasteiger partial charge is 0.172 e. The minimum Gasteiger partial charge on any atom is -0.354 e.